The van der Waals surface area contributed by atoms with Crippen molar-refractivity contribution in [2.45, 2.75) is 45.3 Å². The molecule has 1 aromatic rings. The maximum Gasteiger partial charge on any atom is 0.152 e. The molecular weight excluding hydrogens is 282 g/mol. The molecule has 0 aliphatic rings. The summed E-state index contributed by atoms with van der Waals surface area (Å²) in [6.07, 6.45) is 0.676. The highest BCUT2D eigenvalue weighted by Crippen LogP contribution is 2.20. The summed E-state index contributed by atoms with van der Waals surface area (Å²) in [7, 11) is -2.97. The Morgan fingerprint density at radius 1 is 1.00 bits per heavy atom. The van der Waals surface area contributed by atoms with Gasteiger partial charge in [0.1, 0.15) is 0 Å². The maximum absolute atomic E-state index is 12.0. The summed E-state index contributed by atoms with van der Waals surface area (Å²) >= 11 is 0. The van der Waals surface area contributed by atoms with Gasteiger partial charge < -0.3 is 5.32 Å². The number of hydrogen-bond acceptors (Lipinski definition) is 3. The van der Waals surface area contributed by atoms with Gasteiger partial charge in [-0.3, -0.25) is 0 Å². The fraction of sp³-hybridized carbons (Fsp3) is 0.647. The number of nitrogens with one attached hydrogen (secondary N) is 1. The lowest BCUT2D eigenvalue weighted by Crippen LogP contribution is -2.27. The first-order valence-corrected chi connectivity index (χ1v) is 9.51. The van der Waals surface area contributed by atoms with Crippen LogP contribution in [0.4, 0.5) is 0 Å². The van der Waals surface area contributed by atoms with Crippen LogP contribution in [-0.4, -0.2) is 32.5 Å². The summed E-state index contributed by atoms with van der Waals surface area (Å²) in [4.78, 5) is 0. The van der Waals surface area contributed by atoms with Gasteiger partial charge in [0, 0.05) is 6.54 Å². The molecule has 21 heavy (non-hydrogen) atoms. The number of sulfone groups is 1. The van der Waals surface area contributed by atoms with Gasteiger partial charge >= 0.3 is 0 Å². The van der Waals surface area contributed by atoms with Crippen LogP contribution < -0.4 is 5.32 Å². The van der Waals surface area contributed by atoms with E-state index in [1.807, 2.05) is 18.2 Å². The molecule has 0 spiro atoms. The SMILES string of the molecule is CC(C)CNCC(CCS(=O)(=O)C(C)C)c1ccccc1. The minimum absolute atomic E-state index is 0.249. The molecule has 0 bridgehead atoms. The second-order valence-corrected chi connectivity index (χ2v) is 9.04. The quantitative estimate of drug-likeness (QED) is 0.761. The van der Waals surface area contributed by atoms with E-state index in [1.54, 1.807) is 13.8 Å². The zero-order valence-corrected chi connectivity index (χ0v) is 14.5. The van der Waals surface area contributed by atoms with Gasteiger partial charge in [-0.05, 0) is 44.2 Å². The van der Waals surface area contributed by atoms with Crippen molar-refractivity contribution in [3.05, 3.63) is 35.9 Å². The molecule has 1 aromatic carbocycles. The van der Waals surface area contributed by atoms with Crippen LogP contribution in [-0.2, 0) is 9.84 Å². The third kappa shape index (κ3) is 6.62. The van der Waals surface area contributed by atoms with E-state index in [9.17, 15) is 8.42 Å². The highest BCUT2D eigenvalue weighted by atomic mass is 32.2. The summed E-state index contributed by atoms with van der Waals surface area (Å²) in [5.41, 5.74) is 1.22. The average Bonchev–Trinajstić information content (AvgIpc) is 2.43. The first kappa shape index (κ1) is 18.2. The minimum atomic E-state index is -2.97. The van der Waals surface area contributed by atoms with Crippen molar-refractivity contribution in [2.75, 3.05) is 18.8 Å². The third-order valence-electron chi connectivity index (χ3n) is 3.68. The van der Waals surface area contributed by atoms with Gasteiger partial charge in [0.2, 0.25) is 0 Å². The number of benzene rings is 1. The molecular formula is C17H29NO2S. The Hall–Kier alpha value is -0.870. The molecule has 0 amide bonds. The normalized spacial score (nSPS) is 13.8. The standard InChI is InChI=1S/C17H29NO2S/c1-14(2)12-18-13-17(16-8-6-5-7-9-16)10-11-21(19,20)15(3)4/h5-9,14-15,17-18H,10-13H2,1-4H3. The molecule has 0 saturated carbocycles. The van der Waals surface area contributed by atoms with Crippen LogP contribution in [0, 0.1) is 5.92 Å². The van der Waals surface area contributed by atoms with Crippen molar-refractivity contribution >= 4 is 9.84 Å². The number of hydrogen-bond donors (Lipinski definition) is 1. The van der Waals surface area contributed by atoms with E-state index in [-0.39, 0.29) is 16.9 Å². The monoisotopic (exact) mass is 311 g/mol. The van der Waals surface area contributed by atoms with Crippen LogP contribution in [0.3, 0.4) is 0 Å². The molecule has 0 heterocycles. The van der Waals surface area contributed by atoms with E-state index in [0.717, 1.165) is 13.1 Å². The molecule has 0 aliphatic heterocycles. The van der Waals surface area contributed by atoms with Gasteiger partial charge in [-0.15, -0.1) is 0 Å². The summed E-state index contributed by atoms with van der Waals surface area (Å²) in [6, 6.07) is 10.2. The third-order valence-corrected chi connectivity index (χ3v) is 5.92. The second kappa shape index (κ2) is 8.54. The molecule has 3 nitrogen and oxygen atoms in total. The largest absolute Gasteiger partial charge is 0.316 e. The highest BCUT2D eigenvalue weighted by molar-refractivity contribution is 7.91. The van der Waals surface area contributed by atoms with E-state index in [0.29, 0.717) is 12.3 Å². The Labute approximate surface area is 130 Å². The fourth-order valence-electron chi connectivity index (χ4n) is 2.20. The Morgan fingerprint density at radius 2 is 1.62 bits per heavy atom. The molecule has 1 rings (SSSR count). The van der Waals surface area contributed by atoms with Gasteiger partial charge in [-0.2, -0.15) is 0 Å². The van der Waals surface area contributed by atoms with E-state index in [4.69, 9.17) is 0 Å². The second-order valence-electron chi connectivity index (χ2n) is 6.36. The first-order chi connectivity index (χ1) is 9.83. The van der Waals surface area contributed by atoms with Gasteiger partial charge in [0.15, 0.2) is 9.84 Å². The number of rotatable bonds is 9. The maximum atomic E-state index is 12.0. The van der Waals surface area contributed by atoms with Gasteiger partial charge in [0.25, 0.3) is 0 Å². The molecule has 4 heteroatoms. The molecule has 120 valence electrons. The van der Waals surface area contributed by atoms with Crippen LogP contribution in [0.5, 0.6) is 0 Å². The van der Waals surface area contributed by atoms with Crippen LogP contribution in [0.25, 0.3) is 0 Å². The van der Waals surface area contributed by atoms with Crippen molar-refractivity contribution in [3.63, 3.8) is 0 Å². The lowest BCUT2D eigenvalue weighted by molar-refractivity contribution is 0.506. The average molecular weight is 311 g/mol. The van der Waals surface area contributed by atoms with Crippen LogP contribution >= 0.6 is 0 Å². The van der Waals surface area contributed by atoms with Crippen LogP contribution in [0.15, 0.2) is 30.3 Å². The molecule has 0 saturated heterocycles. The lowest BCUT2D eigenvalue weighted by Gasteiger charge is -2.19. The van der Waals surface area contributed by atoms with Crippen LogP contribution in [0.2, 0.25) is 0 Å². The molecule has 1 atom stereocenters. The van der Waals surface area contributed by atoms with Crippen LogP contribution in [0.1, 0.15) is 45.6 Å². The van der Waals surface area contributed by atoms with E-state index < -0.39 is 9.84 Å². The van der Waals surface area contributed by atoms with Crippen molar-refractivity contribution in [2.24, 2.45) is 5.92 Å². The zero-order valence-electron chi connectivity index (χ0n) is 13.7. The summed E-state index contributed by atoms with van der Waals surface area (Å²) in [5.74, 6) is 1.10. The Balaban J connectivity index is 2.69. The van der Waals surface area contributed by atoms with Crippen molar-refractivity contribution < 1.29 is 8.42 Å². The minimum Gasteiger partial charge on any atom is -0.316 e. The molecule has 0 aliphatic carbocycles. The summed E-state index contributed by atoms with van der Waals surface area (Å²) < 4.78 is 24.1. The van der Waals surface area contributed by atoms with E-state index in [2.05, 4.69) is 31.3 Å². The predicted molar refractivity (Wildman–Crippen MR) is 90.4 cm³/mol. The topological polar surface area (TPSA) is 46.2 Å². The van der Waals surface area contributed by atoms with Gasteiger partial charge in [-0.25, -0.2) is 8.42 Å². The van der Waals surface area contributed by atoms with Crippen molar-refractivity contribution in [1.29, 1.82) is 0 Å². The van der Waals surface area contributed by atoms with E-state index in [1.165, 1.54) is 5.56 Å². The Bertz CT molecular complexity index is 495. The smallest absolute Gasteiger partial charge is 0.152 e. The molecule has 0 aromatic heterocycles. The van der Waals surface area contributed by atoms with Crippen molar-refractivity contribution in [1.82, 2.24) is 5.32 Å². The predicted octanol–water partition coefficient (Wildman–Crippen LogP) is 3.23. The van der Waals surface area contributed by atoms with Crippen molar-refractivity contribution in [3.8, 4) is 0 Å². The summed E-state index contributed by atoms with van der Waals surface area (Å²) in [5, 5.41) is 3.16. The molecule has 1 N–H and O–H groups in total. The molecule has 0 radical (unpaired) electrons. The Morgan fingerprint density at radius 3 is 2.14 bits per heavy atom. The first-order valence-electron chi connectivity index (χ1n) is 7.80. The van der Waals surface area contributed by atoms with E-state index >= 15 is 0 Å². The van der Waals surface area contributed by atoms with Gasteiger partial charge in [0.05, 0.1) is 11.0 Å². The molecule has 0 fully saturated rings. The summed E-state index contributed by atoms with van der Waals surface area (Å²) in [6.45, 7) is 9.64. The highest BCUT2D eigenvalue weighted by Gasteiger charge is 2.20. The Kier molecular flexibility index (Phi) is 7.40. The molecule has 1 unspecified atom stereocenters. The lowest BCUT2D eigenvalue weighted by atomic mass is 9.96. The fourth-order valence-corrected chi connectivity index (χ4v) is 3.28. The zero-order chi connectivity index (χ0) is 15.9. The van der Waals surface area contributed by atoms with Gasteiger partial charge in [-0.1, -0.05) is 44.2 Å².